The van der Waals surface area contributed by atoms with Crippen molar-refractivity contribution in [3.8, 4) is 0 Å². The van der Waals surface area contributed by atoms with Crippen molar-refractivity contribution in [2.75, 3.05) is 0 Å². The van der Waals surface area contributed by atoms with Crippen LogP contribution in [-0.4, -0.2) is 0 Å². The zero-order chi connectivity index (χ0) is 32.3. The summed E-state index contributed by atoms with van der Waals surface area (Å²) in [5, 5.41) is 0. The van der Waals surface area contributed by atoms with Gasteiger partial charge in [0.1, 0.15) is 0 Å². The van der Waals surface area contributed by atoms with E-state index in [-0.39, 0.29) is 5.41 Å². The number of benzene rings is 6. The van der Waals surface area contributed by atoms with E-state index in [0.717, 1.165) is 11.8 Å². The summed E-state index contributed by atoms with van der Waals surface area (Å²) in [5.74, 6) is 2.59. The normalized spacial score (nSPS) is 16.3. The molecule has 1 aliphatic rings. The lowest BCUT2D eigenvalue weighted by Gasteiger charge is -2.46. The Bertz CT molecular complexity index is 1530. The lowest BCUT2D eigenvalue weighted by Crippen LogP contribution is -2.40. The summed E-state index contributed by atoms with van der Waals surface area (Å²) in [5.41, 5.74) is 8.21. The molecule has 7 rings (SSSR count). The van der Waals surface area contributed by atoms with Gasteiger partial charge in [-0.05, 0) is 76.8 Å². The van der Waals surface area contributed by atoms with E-state index in [2.05, 4.69) is 196 Å². The van der Waals surface area contributed by atoms with Gasteiger partial charge in [-0.15, -0.1) is 0 Å². The molecule has 0 atom stereocenters. The molecule has 0 amide bonds. The molecular weight excluding hydrogens is 565 g/mol. The fraction of sp³-hybridized carbons (Fsp3) is 0.234. The van der Waals surface area contributed by atoms with E-state index in [1.807, 2.05) is 0 Å². The standard InChI is InChI=1S/C28H32.C19H16/c1-22(2)23-18-20-27(21-19-23)28(24-12-6-3-7-13-24,25-14-8-4-9-15-25)26-16-10-5-11-17-26;1-4-10-16(11-5-1)19(17-12-6-2-7-13-17)18-14-8-3-9-15-18/h3-17,22-23,27H,18-21H2,1-2H3;1-15,19H. The molecule has 0 spiro atoms. The van der Waals surface area contributed by atoms with Crippen molar-refractivity contribution in [1.82, 2.24) is 0 Å². The fourth-order valence-corrected chi connectivity index (χ4v) is 8.04. The predicted octanol–water partition coefficient (Wildman–Crippen LogP) is 12.4. The fourth-order valence-electron chi connectivity index (χ4n) is 8.04. The van der Waals surface area contributed by atoms with Gasteiger partial charge in [0.2, 0.25) is 0 Å². The van der Waals surface area contributed by atoms with Gasteiger partial charge in [-0.2, -0.15) is 0 Å². The van der Waals surface area contributed by atoms with E-state index in [1.165, 1.54) is 59.1 Å². The molecule has 0 heteroatoms. The molecule has 0 aliphatic heterocycles. The van der Waals surface area contributed by atoms with Crippen LogP contribution >= 0.6 is 0 Å². The number of hydrogen-bond donors (Lipinski definition) is 0. The predicted molar refractivity (Wildman–Crippen MR) is 200 cm³/mol. The highest BCUT2D eigenvalue weighted by Crippen LogP contribution is 2.51. The van der Waals surface area contributed by atoms with Crippen molar-refractivity contribution in [3.63, 3.8) is 0 Å². The molecule has 0 N–H and O–H groups in total. The third kappa shape index (κ3) is 7.34. The summed E-state index contributed by atoms with van der Waals surface area (Å²) >= 11 is 0. The van der Waals surface area contributed by atoms with E-state index in [9.17, 15) is 0 Å². The zero-order valence-corrected chi connectivity index (χ0v) is 28.0. The van der Waals surface area contributed by atoms with Crippen LogP contribution in [0.2, 0.25) is 0 Å². The van der Waals surface area contributed by atoms with Crippen molar-refractivity contribution in [1.29, 1.82) is 0 Å². The van der Waals surface area contributed by atoms with E-state index < -0.39 is 0 Å². The molecule has 0 bridgehead atoms. The SMILES string of the molecule is CC(C)C1CCC(C(c2ccccc2)(c2ccccc2)c2ccccc2)CC1.c1ccc(C(c2ccccc2)c2ccccc2)cc1. The molecule has 1 aliphatic carbocycles. The molecule has 6 aromatic carbocycles. The van der Waals surface area contributed by atoms with Crippen LogP contribution in [0, 0.1) is 17.8 Å². The monoisotopic (exact) mass is 612 g/mol. The average Bonchev–Trinajstić information content (AvgIpc) is 3.15. The van der Waals surface area contributed by atoms with Crippen LogP contribution in [0.3, 0.4) is 0 Å². The molecular formula is C47H48. The summed E-state index contributed by atoms with van der Waals surface area (Å²) in [6, 6.07) is 65.7. The zero-order valence-electron chi connectivity index (χ0n) is 28.0. The molecule has 0 nitrogen and oxygen atoms in total. The molecule has 0 heterocycles. The lowest BCUT2D eigenvalue weighted by atomic mass is 9.57. The summed E-state index contributed by atoms with van der Waals surface area (Å²) in [7, 11) is 0. The van der Waals surface area contributed by atoms with Crippen LogP contribution in [0.25, 0.3) is 0 Å². The first-order valence-corrected chi connectivity index (χ1v) is 17.5. The second-order valence-electron chi connectivity index (χ2n) is 13.4. The summed E-state index contributed by atoms with van der Waals surface area (Å²) < 4.78 is 0. The molecule has 0 saturated heterocycles. The van der Waals surface area contributed by atoms with E-state index >= 15 is 0 Å². The van der Waals surface area contributed by atoms with Gasteiger partial charge in [0.15, 0.2) is 0 Å². The maximum Gasteiger partial charge on any atom is 0.0479 e. The molecule has 236 valence electrons. The third-order valence-electron chi connectivity index (χ3n) is 10.4. The van der Waals surface area contributed by atoms with Gasteiger partial charge in [-0.25, -0.2) is 0 Å². The largest absolute Gasteiger partial charge is 0.0625 e. The molecule has 0 aromatic heterocycles. The third-order valence-corrected chi connectivity index (χ3v) is 10.4. The highest BCUT2D eigenvalue weighted by Gasteiger charge is 2.44. The first kappa shape index (κ1) is 32.3. The molecule has 0 unspecified atom stereocenters. The van der Waals surface area contributed by atoms with Gasteiger partial charge in [-0.1, -0.05) is 196 Å². The average molecular weight is 613 g/mol. The van der Waals surface area contributed by atoms with Gasteiger partial charge >= 0.3 is 0 Å². The van der Waals surface area contributed by atoms with E-state index in [4.69, 9.17) is 0 Å². The number of hydrogen-bond acceptors (Lipinski definition) is 0. The van der Waals surface area contributed by atoms with Crippen LogP contribution in [0.15, 0.2) is 182 Å². The van der Waals surface area contributed by atoms with Crippen molar-refractivity contribution >= 4 is 0 Å². The Morgan fingerprint density at radius 2 is 0.660 bits per heavy atom. The quantitative estimate of drug-likeness (QED) is 0.150. The molecule has 47 heavy (non-hydrogen) atoms. The first-order chi connectivity index (χ1) is 23.2. The lowest BCUT2D eigenvalue weighted by molar-refractivity contribution is 0.186. The Kier molecular flexibility index (Phi) is 10.8. The van der Waals surface area contributed by atoms with Crippen LogP contribution in [0.4, 0.5) is 0 Å². The highest BCUT2D eigenvalue weighted by atomic mass is 14.5. The Morgan fingerprint density at radius 3 is 0.936 bits per heavy atom. The van der Waals surface area contributed by atoms with Gasteiger partial charge in [0, 0.05) is 11.3 Å². The van der Waals surface area contributed by atoms with Crippen molar-refractivity contribution in [3.05, 3.63) is 215 Å². The summed E-state index contributed by atoms with van der Waals surface area (Å²) in [6.45, 7) is 4.79. The Hall–Kier alpha value is -4.68. The van der Waals surface area contributed by atoms with Crippen LogP contribution in [0.5, 0.6) is 0 Å². The van der Waals surface area contributed by atoms with Crippen LogP contribution in [-0.2, 0) is 5.41 Å². The van der Waals surface area contributed by atoms with Gasteiger partial charge in [0.25, 0.3) is 0 Å². The molecule has 1 fully saturated rings. The Labute approximate surface area is 283 Å². The van der Waals surface area contributed by atoms with Crippen molar-refractivity contribution in [2.24, 2.45) is 17.8 Å². The second-order valence-corrected chi connectivity index (χ2v) is 13.4. The van der Waals surface area contributed by atoms with Crippen molar-refractivity contribution in [2.45, 2.75) is 50.9 Å². The Morgan fingerprint density at radius 1 is 0.383 bits per heavy atom. The minimum Gasteiger partial charge on any atom is -0.0625 e. The van der Waals surface area contributed by atoms with Crippen LogP contribution < -0.4 is 0 Å². The van der Waals surface area contributed by atoms with Crippen molar-refractivity contribution < 1.29 is 0 Å². The minimum atomic E-state index is -0.0776. The van der Waals surface area contributed by atoms with Gasteiger partial charge in [-0.3, -0.25) is 0 Å². The highest BCUT2D eigenvalue weighted by molar-refractivity contribution is 5.51. The summed E-state index contributed by atoms with van der Waals surface area (Å²) in [4.78, 5) is 0. The van der Waals surface area contributed by atoms with E-state index in [1.54, 1.807) is 0 Å². The minimum absolute atomic E-state index is 0.0776. The second kappa shape index (κ2) is 15.7. The maximum absolute atomic E-state index is 2.39. The topological polar surface area (TPSA) is 0 Å². The van der Waals surface area contributed by atoms with Gasteiger partial charge in [0.05, 0.1) is 0 Å². The Balaban J connectivity index is 0.000000177. The van der Waals surface area contributed by atoms with E-state index in [0.29, 0.717) is 11.8 Å². The smallest absolute Gasteiger partial charge is 0.0479 e. The molecule has 0 radical (unpaired) electrons. The molecule has 1 saturated carbocycles. The molecule has 6 aromatic rings. The van der Waals surface area contributed by atoms with Crippen LogP contribution in [0.1, 0.15) is 78.8 Å². The number of rotatable bonds is 8. The summed E-state index contributed by atoms with van der Waals surface area (Å²) in [6.07, 6.45) is 5.27. The maximum atomic E-state index is 2.39. The first-order valence-electron chi connectivity index (χ1n) is 17.5. The van der Waals surface area contributed by atoms with Gasteiger partial charge < -0.3 is 0 Å².